The molecule has 4 aliphatic rings. The second-order valence-electron chi connectivity index (χ2n) is 3.58. The van der Waals surface area contributed by atoms with Crippen LogP contribution >= 0.6 is 0 Å². The minimum atomic E-state index is 0. The zero-order chi connectivity index (χ0) is 7.97. The van der Waals surface area contributed by atoms with E-state index in [1.54, 1.807) is 0 Å². The maximum Gasteiger partial charge on any atom is 0.155 e. The second kappa shape index (κ2) is 3.07. The number of ether oxygens (including phenoxy) is 2. The van der Waals surface area contributed by atoms with Crippen LogP contribution in [0.4, 0.5) is 0 Å². The molecule has 0 spiro atoms. The third kappa shape index (κ3) is 1.70. The Morgan fingerprint density at radius 1 is 0.923 bits per heavy atom. The van der Waals surface area contributed by atoms with Crippen LogP contribution < -0.4 is 0 Å². The highest BCUT2D eigenvalue weighted by Crippen LogP contribution is 2.37. The van der Waals surface area contributed by atoms with Gasteiger partial charge in [-0.05, 0) is 37.8 Å². The molecule has 0 bridgehead atoms. The molecule has 2 saturated heterocycles. The second-order valence-corrected chi connectivity index (χ2v) is 3.58. The number of fused-ring (bicyclic) bond motifs is 2. The lowest BCUT2D eigenvalue weighted by Crippen LogP contribution is -1.72. The van der Waals surface area contributed by atoms with Crippen molar-refractivity contribution in [2.24, 2.45) is 0 Å². The van der Waals surface area contributed by atoms with E-state index in [1.165, 1.54) is 37.2 Å². The average Bonchev–Trinajstić information content (AvgIpc) is 2.95. The van der Waals surface area contributed by atoms with E-state index in [0.29, 0.717) is 12.2 Å². The van der Waals surface area contributed by atoms with Gasteiger partial charge in [0.2, 0.25) is 0 Å². The molecule has 3 nitrogen and oxygen atoms in total. The zero-order valence-electron chi connectivity index (χ0n) is 7.45. The lowest BCUT2D eigenvalue weighted by Gasteiger charge is -1.77. The summed E-state index contributed by atoms with van der Waals surface area (Å²) in [5, 5.41) is 0. The summed E-state index contributed by atoms with van der Waals surface area (Å²) in [5.41, 5.74) is 0. The molecule has 2 N–H and O–H groups in total. The molecule has 2 aliphatic heterocycles. The van der Waals surface area contributed by atoms with Crippen LogP contribution in [-0.2, 0) is 9.47 Å². The van der Waals surface area contributed by atoms with Crippen molar-refractivity contribution in [3.8, 4) is 0 Å². The summed E-state index contributed by atoms with van der Waals surface area (Å²) in [5.74, 6) is 2.49. The van der Waals surface area contributed by atoms with Gasteiger partial charge in [0.15, 0.2) is 12.2 Å². The summed E-state index contributed by atoms with van der Waals surface area (Å²) in [6.45, 7) is 0. The average molecular weight is 182 g/mol. The first-order valence-electron chi connectivity index (χ1n) is 4.67. The Morgan fingerprint density at radius 2 is 1.38 bits per heavy atom. The molecule has 2 unspecified atom stereocenters. The highest BCUT2D eigenvalue weighted by molar-refractivity contribution is 5.19. The predicted molar refractivity (Wildman–Crippen MR) is 48.0 cm³/mol. The Hall–Kier alpha value is -0.960. The fourth-order valence-corrected chi connectivity index (χ4v) is 1.78. The van der Waals surface area contributed by atoms with E-state index in [9.17, 15) is 0 Å². The quantitative estimate of drug-likeness (QED) is 0.530. The molecular formula is C10H14O3. The van der Waals surface area contributed by atoms with Crippen molar-refractivity contribution < 1.29 is 14.9 Å². The van der Waals surface area contributed by atoms with Gasteiger partial charge in [0.1, 0.15) is 11.5 Å². The molecule has 0 aromatic rings. The SMILES string of the molecule is C1=C2OC2CC1.C1=C2OC2CC1.O. The van der Waals surface area contributed by atoms with E-state index in [-0.39, 0.29) is 5.48 Å². The first-order chi connectivity index (χ1) is 5.93. The molecule has 0 amide bonds. The van der Waals surface area contributed by atoms with Gasteiger partial charge in [-0.1, -0.05) is 0 Å². The van der Waals surface area contributed by atoms with Crippen molar-refractivity contribution in [1.82, 2.24) is 0 Å². The van der Waals surface area contributed by atoms with Gasteiger partial charge in [0.05, 0.1) is 0 Å². The normalized spacial score (nSPS) is 34.5. The van der Waals surface area contributed by atoms with Crippen molar-refractivity contribution in [1.29, 1.82) is 0 Å². The number of epoxide rings is 2. The number of rotatable bonds is 0. The lowest BCUT2D eigenvalue weighted by molar-refractivity contribution is 0.404. The molecule has 0 aromatic heterocycles. The van der Waals surface area contributed by atoms with Gasteiger partial charge in [0, 0.05) is 0 Å². The first-order valence-corrected chi connectivity index (χ1v) is 4.67. The van der Waals surface area contributed by atoms with Crippen LogP contribution in [0, 0.1) is 0 Å². The Labute approximate surface area is 77.3 Å². The molecule has 0 aromatic carbocycles. The maximum atomic E-state index is 5.01. The Kier molecular flexibility index (Phi) is 2.04. The van der Waals surface area contributed by atoms with E-state index in [0.717, 1.165) is 0 Å². The van der Waals surface area contributed by atoms with Gasteiger partial charge in [0.25, 0.3) is 0 Å². The monoisotopic (exact) mass is 182 g/mol. The van der Waals surface area contributed by atoms with Gasteiger partial charge >= 0.3 is 0 Å². The number of hydrogen-bond acceptors (Lipinski definition) is 2. The van der Waals surface area contributed by atoms with E-state index in [4.69, 9.17) is 9.47 Å². The van der Waals surface area contributed by atoms with Crippen LogP contribution in [-0.4, -0.2) is 17.7 Å². The third-order valence-electron chi connectivity index (χ3n) is 2.63. The van der Waals surface area contributed by atoms with E-state index in [2.05, 4.69) is 12.2 Å². The molecule has 0 saturated carbocycles. The van der Waals surface area contributed by atoms with Gasteiger partial charge in [-0.15, -0.1) is 0 Å². The maximum absolute atomic E-state index is 5.01. The topological polar surface area (TPSA) is 56.6 Å². The fraction of sp³-hybridized carbons (Fsp3) is 0.600. The van der Waals surface area contributed by atoms with Gasteiger partial charge in [-0.2, -0.15) is 0 Å². The van der Waals surface area contributed by atoms with Crippen LogP contribution in [0.5, 0.6) is 0 Å². The Morgan fingerprint density at radius 3 is 1.46 bits per heavy atom. The highest BCUT2D eigenvalue weighted by Gasteiger charge is 2.35. The van der Waals surface area contributed by atoms with E-state index >= 15 is 0 Å². The van der Waals surface area contributed by atoms with Crippen molar-refractivity contribution >= 4 is 0 Å². The molecule has 0 radical (unpaired) electrons. The van der Waals surface area contributed by atoms with Gasteiger partial charge in [-0.25, -0.2) is 0 Å². The molecule has 72 valence electrons. The minimum Gasteiger partial charge on any atom is -0.483 e. The van der Waals surface area contributed by atoms with Crippen molar-refractivity contribution in [3.05, 3.63) is 23.7 Å². The van der Waals surface area contributed by atoms with Gasteiger partial charge < -0.3 is 14.9 Å². The molecule has 2 atom stereocenters. The van der Waals surface area contributed by atoms with Crippen molar-refractivity contribution in [2.75, 3.05) is 0 Å². The summed E-state index contributed by atoms with van der Waals surface area (Å²) in [6, 6.07) is 0. The Bertz CT molecular complexity index is 239. The van der Waals surface area contributed by atoms with Crippen LogP contribution in [0.2, 0.25) is 0 Å². The van der Waals surface area contributed by atoms with Crippen LogP contribution in [0.3, 0.4) is 0 Å². The standard InChI is InChI=1S/2C5H6O.H2O/c2*1-2-4-5(3-1)6-4;/h2*2,5H,1,3H2;1H2. The molecule has 2 heterocycles. The van der Waals surface area contributed by atoms with Gasteiger partial charge in [-0.3, -0.25) is 0 Å². The van der Waals surface area contributed by atoms with E-state index in [1.807, 2.05) is 0 Å². The largest absolute Gasteiger partial charge is 0.483 e. The highest BCUT2D eigenvalue weighted by atomic mass is 16.6. The van der Waals surface area contributed by atoms with Crippen LogP contribution in [0.25, 0.3) is 0 Å². The summed E-state index contributed by atoms with van der Waals surface area (Å²) >= 11 is 0. The molecule has 3 heteroatoms. The minimum absolute atomic E-state index is 0. The van der Waals surface area contributed by atoms with E-state index < -0.39 is 0 Å². The fourth-order valence-electron chi connectivity index (χ4n) is 1.78. The molecular weight excluding hydrogens is 168 g/mol. The molecule has 4 rings (SSSR count). The summed E-state index contributed by atoms with van der Waals surface area (Å²) in [6.07, 6.45) is 10.5. The van der Waals surface area contributed by atoms with Crippen molar-refractivity contribution in [2.45, 2.75) is 37.9 Å². The lowest BCUT2D eigenvalue weighted by atomic mass is 10.4. The summed E-state index contributed by atoms with van der Waals surface area (Å²) < 4.78 is 10.0. The van der Waals surface area contributed by atoms with Crippen LogP contribution in [0.1, 0.15) is 25.7 Å². The summed E-state index contributed by atoms with van der Waals surface area (Å²) in [4.78, 5) is 0. The number of allylic oxidation sites excluding steroid dienone is 2. The predicted octanol–water partition coefficient (Wildman–Crippen LogP) is 1.30. The smallest absolute Gasteiger partial charge is 0.155 e. The van der Waals surface area contributed by atoms with Crippen molar-refractivity contribution in [3.63, 3.8) is 0 Å². The molecule has 2 aliphatic carbocycles. The Balaban J connectivity index is 0.0000000933. The first kappa shape index (κ1) is 8.63. The molecule has 2 fully saturated rings. The third-order valence-corrected chi connectivity index (χ3v) is 2.63. The zero-order valence-corrected chi connectivity index (χ0v) is 7.45. The number of hydrogen-bond donors (Lipinski definition) is 0. The molecule has 13 heavy (non-hydrogen) atoms. The van der Waals surface area contributed by atoms with Crippen LogP contribution in [0.15, 0.2) is 23.7 Å². The summed E-state index contributed by atoms with van der Waals surface area (Å²) in [7, 11) is 0.